The van der Waals surface area contributed by atoms with Gasteiger partial charge in [0.25, 0.3) is 0 Å². The van der Waals surface area contributed by atoms with E-state index in [-0.39, 0.29) is 6.10 Å². The fourth-order valence-electron chi connectivity index (χ4n) is 1.05. The Labute approximate surface area is 62.4 Å². The molecular weight excluding hydrogens is 124 g/mol. The van der Waals surface area contributed by atoms with Gasteiger partial charge in [0.05, 0.1) is 5.76 Å². The summed E-state index contributed by atoms with van der Waals surface area (Å²) in [4.78, 5) is 0. The first-order chi connectivity index (χ1) is 4.61. The van der Waals surface area contributed by atoms with Crippen LogP contribution in [0.5, 0.6) is 0 Å². The fraction of sp³-hybridized carbons (Fsp3) is 0.556. The quantitative estimate of drug-likeness (QED) is 0.506. The highest BCUT2D eigenvalue weighted by Crippen LogP contribution is 2.27. The standard InChI is InChI=1S/C9H14O/c1-6(2)9-5-7(3)8(4)10-9/h9H,1,5H2,2-4H3. The highest BCUT2D eigenvalue weighted by Gasteiger charge is 2.19. The van der Waals surface area contributed by atoms with Gasteiger partial charge in [-0.05, 0) is 31.9 Å². The number of hydrogen-bond acceptors (Lipinski definition) is 1. The second kappa shape index (κ2) is 2.49. The summed E-state index contributed by atoms with van der Waals surface area (Å²) in [5.74, 6) is 1.08. The van der Waals surface area contributed by atoms with Gasteiger partial charge in [0.15, 0.2) is 0 Å². The van der Waals surface area contributed by atoms with Crippen LogP contribution in [0, 0.1) is 0 Å². The molecule has 56 valence electrons. The average molecular weight is 138 g/mol. The van der Waals surface area contributed by atoms with E-state index in [0.717, 1.165) is 17.8 Å². The van der Waals surface area contributed by atoms with Crippen molar-refractivity contribution in [3.8, 4) is 0 Å². The molecule has 0 amide bonds. The molecule has 0 bridgehead atoms. The van der Waals surface area contributed by atoms with Gasteiger partial charge in [0.1, 0.15) is 6.10 Å². The van der Waals surface area contributed by atoms with Crippen molar-refractivity contribution in [2.24, 2.45) is 0 Å². The van der Waals surface area contributed by atoms with Crippen LogP contribution >= 0.6 is 0 Å². The number of hydrogen-bond donors (Lipinski definition) is 0. The van der Waals surface area contributed by atoms with E-state index in [1.165, 1.54) is 5.57 Å². The lowest BCUT2D eigenvalue weighted by molar-refractivity contribution is 0.175. The van der Waals surface area contributed by atoms with Crippen molar-refractivity contribution in [3.63, 3.8) is 0 Å². The molecule has 0 saturated heterocycles. The summed E-state index contributed by atoms with van der Waals surface area (Å²) in [5, 5.41) is 0. The minimum absolute atomic E-state index is 0.250. The number of allylic oxidation sites excluding steroid dienone is 1. The maximum Gasteiger partial charge on any atom is 0.123 e. The third-order valence-corrected chi connectivity index (χ3v) is 1.96. The van der Waals surface area contributed by atoms with Crippen molar-refractivity contribution < 1.29 is 4.74 Å². The molecule has 1 aliphatic rings. The molecule has 0 radical (unpaired) electrons. The molecule has 0 spiro atoms. The van der Waals surface area contributed by atoms with Crippen LogP contribution in [0.1, 0.15) is 27.2 Å². The van der Waals surface area contributed by atoms with Crippen LogP contribution in [0.25, 0.3) is 0 Å². The molecule has 0 fully saturated rings. The van der Waals surface area contributed by atoms with Gasteiger partial charge in [-0.3, -0.25) is 0 Å². The first-order valence-corrected chi connectivity index (χ1v) is 3.59. The molecule has 1 rings (SSSR count). The van der Waals surface area contributed by atoms with Gasteiger partial charge in [-0.25, -0.2) is 0 Å². The Morgan fingerprint density at radius 1 is 1.60 bits per heavy atom. The summed E-state index contributed by atoms with van der Waals surface area (Å²) >= 11 is 0. The van der Waals surface area contributed by atoms with E-state index in [9.17, 15) is 0 Å². The van der Waals surface area contributed by atoms with E-state index >= 15 is 0 Å². The van der Waals surface area contributed by atoms with Gasteiger partial charge in [-0.15, -0.1) is 0 Å². The van der Waals surface area contributed by atoms with Gasteiger partial charge in [0.2, 0.25) is 0 Å². The Balaban J connectivity index is 2.59. The smallest absolute Gasteiger partial charge is 0.123 e. The second-order valence-corrected chi connectivity index (χ2v) is 2.99. The molecule has 0 saturated carbocycles. The monoisotopic (exact) mass is 138 g/mol. The van der Waals surface area contributed by atoms with Gasteiger partial charge >= 0.3 is 0 Å². The zero-order chi connectivity index (χ0) is 7.72. The molecule has 1 heterocycles. The van der Waals surface area contributed by atoms with Crippen LogP contribution < -0.4 is 0 Å². The maximum absolute atomic E-state index is 5.52. The summed E-state index contributed by atoms with van der Waals surface area (Å²) in [6.45, 7) is 9.99. The molecule has 0 aromatic heterocycles. The lowest BCUT2D eigenvalue weighted by Gasteiger charge is -2.10. The molecule has 1 unspecified atom stereocenters. The van der Waals surface area contributed by atoms with E-state index < -0.39 is 0 Å². The second-order valence-electron chi connectivity index (χ2n) is 2.99. The Bertz CT molecular complexity index is 175. The highest BCUT2D eigenvalue weighted by molar-refractivity contribution is 5.17. The lowest BCUT2D eigenvalue weighted by atomic mass is 10.1. The average Bonchev–Trinajstić information content (AvgIpc) is 2.13. The summed E-state index contributed by atoms with van der Waals surface area (Å²) < 4.78 is 5.52. The third kappa shape index (κ3) is 1.23. The van der Waals surface area contributed by atoms with Crippen LogP contribution in [0.3, 0.4) is 0 Å². The lowest BCUT2D eigenvalue weighted by Crippen LogP contribution is -2.05. The fourth-order valence-corrected chi connectivity index (χ4v) is 1.05. The van der Waals surface area contributed by atoms with Crippen molar-refractivity contribution in [1.29, 1.82) is 0 Å². The van der Waals surface area contributed by atoms with Crippen LogP contribution in [0.4, 0.5) is 0 Å². The van der Waals surface area contributed by atoms with Crippen molar-refractivity contribution >= 4 is 0 Å². The minimum Gasteiger partial charge on any atom is -0.490 e. The first kappa shape index (κ1) is 7.39. The number of ether oxygens (including phenoxy) is 1. The van der Waals surface area contributed by atoms with Crippen LogP contribution in [0.2, 0.25) is 0 Å². The summed E-state index contributed by atoms with van der Waals surface area (Å²) in [5.41, 5.74) is 2.48. The Morgan fingerprint density at radius 3 is 2.40 bits per heavy atom. The van der Waals surface area contributed by atoms with Crippen molar-refractivity contribution in [2.45, 2.75) is 33.3 Å². The molecule has 0 N–H and O–H groups in total. The van der Waals surface area contributed by atoms with Crippen LogP contribution in [0.15, 0.2) is 23.5 Å². The third-order valence-electron chi connectivity index (χ3n) is 1.96. The zero-order valence-corrected chi connectivity index (χ0v) is 6.90. The number of rotatable bonds is 1. The van der Waals surface area contributed by atoms with E-state index in [1.807, 2.05) is 13.8 Å². The van der Waals surface area contributed by atoms with Crippen LogP contribution in [-0.4, -0.2) is 6.10 Å². The SMILES string of the molecule is C=C(C)C1CC(C)=C(C)O1. The molecule has 1 atom stereocenters. The molecule has 0 aliphatic carbocycles. The minimum atomic E-state index is 0.250. The summed E-state index contributed by atoms with van der Waals surface area (Å²) in [6, 6.07) is 0. The largest absolute Gasteiger partial charge is 0.490 e. The van der Waals surface area contributed by atoms with Gasteiger partial charge in [-0.1, -0.05) is 6.58 Å². The van der Waals surface area contributed by atoms with E-state index in [4.69, 9.17) is 4.74 Å². The first-order valence-electron chi connectivity index (χ1n) is 3.59. The molecular formula is C9H14O. The molecule has 1 heteroatoms. The van der Waals surface area contributed by atoms with Gasteiger partial charge in [-0.2, -0.15) is 0 Å². The summed E-state index contributed by atoms with van der Waals surface area (Å²) in [6.07, 6.45) is 1.28. The topological polar surface area (TPSA) is 9.23 Å². The summed E-state index contributed by atoms with van der Waals surface area (Å²) in [7, 11) is 0. The normalized spacial score (nSPS) is 24.9. The van der Waals surface area contributed by atoms with Crippen molar-refractivity contribution in [3.05, 3.63) is 23.5 Å². The molecule has 1 aliphatic heterocycles. The van der Waals surface area contributed by atoms with Crippen LogP contribution in [-0.2, 0) is 4.74 Å². The molecule has 10 heavy (non-hydrogen) atoms. The van der Waals surface area contributed by atoms with E-state index in [0.29, 0.717) is 0 Å². The Kier molecular flexibility index (Phi) is 1.84. The van der Waals surface area contributed by atoms with Crippen molar-refractivity contribution in [2.75, 3.05) is 0 Å². The molecule has 0 aromatic rings. The zero-order valence-electron chi connectivity index (χ0n) is 6.90. The predicted molar refractivity (Wildman–Crippen MR) is 42.7 cm³/mol. The Hall–Kier alpha value is -0.720. The maximum atomic E-state index is 5.52. The van der Waals surface area contributed by atoms with E-state index in [1.54, 1.807) is 0 Å². The predicted octanol–water partition coefficient (Wildman–Crippen LogP) is 2.65. The highest BCUT2D eigenvalue weighted by atomic mass is 16.5. The Morgan fingerprint density at radius 2 is 2.20 bits per heavy atom. The van der Waals surface area contributed by atoms with Gasteiger partial charge < -0.3 is 4.74 Å². The molecule has 1 nitrogen and oxygen atoms in total. The molecule has 0 aromatic carbocycles. The van der Waals surface area contributed by atoms with Gasteiger partial charge in [0, 0.05) is 6.42 Å². The van der Waals surface area contributed by atoms with Crippen molar-refractivity contribution in [1.82, 2.24) is 0 Å². The van der Waals surface area contributed by atoms with E-state index in [2.05, 4.69) is 13.5 Å².